The smallest absolute Gasteiger partial charge is 0.285 e. The number of carbonyl (C=O) groups is 1. The SMILES string of the molecule is COc1ccccc1C(=O)n1nc(-c2ccccn2)nc1NCc1ccccc1. The molecule has 0 fully saturated rings. The molecule has 7 nitrogen and oxygen atoms in total. The molecule has 4 aromatic rings. The van der Waals surface area contributed by atoms with Gasteiger partial charge in [-0.15, -0.1) is 5.10 Å². The molecule has 0 amide bonds. The monoisotopic (exact) mass is 385 g/mol. The number of ether oxygens (including phenoxy) is 1. The van der Waals surface area contributed by atoms with Crippen molar-refractivity contribution in [3.63, 3.8) is 0 Å². The van der Waals surface area contributed by atoms with Crippen molar-refractivity contribution in [3.8, 4) is 17.3 Å². The number of anilines is 1. The number of hydrogen-bond acceptors (Lipinski definition) is 6. The average molecular weight is 385 g/mol. The van der Waals surface area contributed by atoms with Crippen LogP contribution in [0.1, 0.15) is 15.9 Å². The highest BCUT2D eigenvalue weighted by Gasteiger charge is 2.21. The van der Waals surface area contributed by atoms with Crippen molar-refractivity contribution in [1.82, 2.24) is 19.7 Å². The molecule has 0 atom stereocenters. The molecular formula is C22H19N5O2. The van der Waals surface area contributed by atoms with E-state index in [4.69, 9.17) is 4.74 Å². The number of aromatic nitrogens is 4. The first-order chi connectivity index (χ1) is 14.3. The van der Waals surface area contributed by atoms with Crippen molar-refractivity contribution in [2.24, 2.45) is 0 Å². The normalized spacial score (nSPS) is 10.5. The molecule has 0 unspecified atom stereocenters. The minimum atomic E-state index is -0.340. The van der Waals surface area contributed by atoms with Gasteiger partial charge >= 0.3 is 0 Å². The Balaban J connectivity index is 1.72. The number of para-hydroxylation sites is 1. The lowest BCUT2D eigenvalue weighted by atomic mass is 10.2. The maximum atomic E-state index is 13.2. The Morgan fingerprint density at radius 2 is 1.76 bits per heavy atom. The summed E-state index contributed by atoms with van der Waals surface area (Å²) in [6, 6.07) is 22.4. The zero-order valence-corrected chi connectivity index (χ0v) is 15.8. The number of benzene rings is 2. The molecule has 4 rings (SSSR count). The van der Waals surface area contributed by atoms with Gasteiger partial charge in [-0.05, 0) is 29.8 Å². The van der Waals surface area contributed by atoms with Crippen molar-refractivity contribution < 1.29 is 9.53 Å². The molecule has 2 aromatic heterocycles. The van der Waals surface area contributed by atoms with E-state index in [0.29, 0.717) is 35.3 Å². The minimum Gasteiger partial charge on any atom is -0.496 e. The summed E-state index contributed by atoms with van der Waals surface area (Å²) in [5, 5.41) is 7.63. The quantitative estimate of drug-likeness (QED) is 0.546. The van der Waals surface area contributed by atoms with Crippen molar-refractivity contribution in [1.29, 1.82) is 0 Å². The van der Waals surface area contributed by atoms with E-state index >= 15 is 0 Å². The number of pyridine rings is 1. The van der Waals surface area contributed by atoms with E-state index in [2.05, 4.69) is 20.4 Å². The summed E-state index contributed by atoms with van der Waals surface area (Å²) in [5.74, 6) is 0.837. The maximum absolute atomic E-state index is 13.2. The molecular weight excluding hydrogens is 366 g/mol. The summed E-state index contributed by atoms with van der Waals surface area (Å²) in [6.45, 7) is 0.500. The Labute approximate surface area is 168 Å². The molecule has 29 heavy (non-hydrogen) atoms. The van der Waals surface area contributed by atoms with E-state index in [0.717, 1.165) is 5.56 Å². The van der Waals surface area contributed by atoms with Gasteiger partial charge in [0.05, 0.1) is 12.7 Å². The van der Waals surface area contributed by atoms with E-state index in [-0.39, 0.29) is 5.91 Å². The molecule has 2 aromatic carbocycles. The van der Waals surface area contributed by atoms with Crippen LogP contribution in [0, 0.1) is 0 Å². The van der Waals surface area contributed by atoms with Crippen LogP contribution in [0.3, 0.4) is 0 Å². The molecule has 2 heterocycles. The second-order valence-corrected chi connectivity index (χ2v) is 6.23. The van der Waals surface area contributed by atoms with Crippen molar-refractivity contribution in [3.05, 3.63) is 90.1 Å². The van der Waals surface area contributed by atoms with Gasteiger partial charge in [0.15, 0.2) is 0 Å². The van der Waals surface area contributed by atoms with E-state index < -0.39 is 0 Å². The molecule has 144 valence electrons. The minimum absolute atomic E-state index is 0.338. The molecule has 1 N–H and O–H groups in total. The number of nitrogens with one attached hydrogen (secondary N) is 1. The van der Waals surface area contributed by atoms with Crippen LogP contribution in [0.4, 0.5) is 5.95 Å². The highest BCUT2D eigenvalue weighted by Crippen LogP contribution is 2.22. The molecule has 0 aliphatic rings. The standard InChI is InChI=1S/C22H19N5O2/c1-29-19-13-6-5-11-17(19)21(28)27-22(24-15-16-9-3-2-4-10-16)25-20(26-27)18-12-7-8-14-23-18/h2-14H,15H2,1H3,(H,24,25,26). The van der Waals surface area contributed by atoms with Crippen LogP contribution >= 0.6 is 0 Å². The molecule has 0 saturated carbocycles. The number of carbonyl (C=O) groups excluding carboxylic acids is 1. The molecule has 0 bridgehead atoms. The average Bonchev–Trinajstić information content (AvgIpc) is 3.23. The molecule has 0 radical (unpaired) electrons. The van der Waals surface area contributed by atoms with Crippen LogP contribution < -0.4 is 10.1 Å². The van der Waals surface area contributed by atoms with E-state index in [1.165, 1.54) is 11.8 Å². The topological polar surface area (TPSA) is 81.9 Å². The summed E-state index contributed by atoms with van der Waals surface area (Å²) in [5.41, 5.74) is 2.04. The molecule has 0 saturated heterocycles. The third-order valence-electron chi connectivity index (χ3n) is 4.32. The summed E-state index contributed by atoms with van der Waals surface area (Å²) in [6.07, 6.45) is 1.66. The molecule has 7 heteroatoms. The van der Waals surface area contributed by atoms with Gasteiger partial charge in [0.2, 0.25) is 11.8 Å². The van der Waals surface area contributed by atoms with Crippen molar-refractivity contribution in [2.75, 3.05) is 12.4 Å². The van der Waals surface area contributed by atoms with Crippen molar-refractivity contribution in [2.45, 2.75) is 6.54 Å². The zero-order valence-electron chi connectivity index (χ0n) is 15.8. The summed E-state index contributed by atoms with van der Waals surface area (Å²) >= 11 is 0. The van der Waals surface area contributed by atoms with E-state index in [9.17, 15) is 4.79 Å². The third-order valence-corrected chi connectivity index (χ3v) is 4.32. The second kappa shape index (κ2) is 8.35. The largest absolute Gasteiger partial charge is 0.496 e. The molecule has 0 aliphatic heterocycles. The van der Waals surface area contributed by atoms with Gasteiger partial charge in [-0.2, -0.15) is 9.67 Å². The van der Waals surface area contributed by atoms with Crippen LogP contribution in [0.15, 0.2) is 79.0 Å². The molecule has 0 aliphatic carbocycles. The van der Waals surface area contributed by atoms with Crippen LogP contribution in [-0.4, -0.2) is 32.8 Å². The fraction of sp³-hybridized carbons (Fsp3) is 0.0909. The Morgan fingerprint density at radius 3 is 2.52 bits per heavy atom. The third kappa shape index (κ3) is 3.98. The predicted molar refractivity (Wildman–Crippen MR) is 110 cm³/mol. The number of rotatable bonds is 6. The number of hydrogen-bond donors (Lipinski definition) is 1. The van der Waals surface area contributed by atoms with E-state index in [1.807, 2.05) is 48.5 Å². The first kappa shape index (κ1) is 18.4. The number of methoxy groups -OCH3 is 1. The maximum Gasteiger partial charge on any atom is 0.285 e. The van der Waals surface area contributed by atoms with Crippen LogP contribution in [-0.2, 0) is 6.54 Å². The second-order valence-electron chi connectivity index (χ2n) is 6.23. The lowest BCUT2D eigenvalue weighted by molar-refractivity contribution is 0.0944. The fourth-order valence-electron chi connectivity index (χ4n) is 2.88. The van der Waals surface area contributed by atoms with Gasteiger partial charge in [-0.1, -0.05) is 48.5 Å². The van der Waals surface area contributed by atoms with Crippen molar-refractivity contribution >= 4 is 11.9 Å². The van der Waals surface area contributed by atoms with Gasteiger partial charge in [0, 0.05) is 12.7 Å². The highest BCUT2D eigenvalue weighted by atomic mass is 16.5. The van der Waals surface area contributed by atoms with Gasteiger partial charge in [0.1, 0.15) is 11.4 Å². The number of nitrogens with zero attached hydrogens (tertiary/aromatic N) is 4. The fourth-order valence-corrected chi connectivity index (χ4v) is 2.88. The van der Waals surface area contributed by atoms with Gasteiger partial charge in [0.25, 0.3) is 5.91 Å². The Kier molecular flexibility index (Phi) is 5.29. The first-order valence-corrected chi connectivity index (χ1v) is 9.10. The van der Waals surface area contributed by atoms with Crippen LogP contribution in [0.2, 0.25) is 0 Å². The van der Waals surface area contributed by atoms with Gasteiger partial charge in [-0.25, -0.2) is 0 Å². The lowest BCUT2D eigenvalue weighted by Gasteiger charge is -2.09. The Bertz CT molecular complexity index is 1110. The van der Waals surface area contributed by atoms with Gasteiger partial charge in [-0.3, -0.25) is 9.78 Å². The first-order valence-electron chi connectivity index (χ1n) is 9.10. The highest BCUT2D eigenvalue weighted by molar-refractivity contribution is 5.99. The van der Waals surface area contributed by atoms with E-state index in [1.54, 1.807) is 30.5 Å². The summed E-state index contributed by atoms with van der Waals surface area (Å²) in [7, 11) is 1.53. The lowest BCUT2D eigenvalue weighted by Crippen LogP contribution is -2.18. The van der Waals surface area contributed by atoms with Crippen LogP contribution in [0.5, 0.6) is 5.75 Å². The predicted octanol–water partition coefficient (Wildman–Crippen LogP) is 3.65. The molecule has 0 spiro atoms. The summed E-state index contributed by atoms with van der Waals surface area (Å²) < 4.78 is 6.59. The Hall–Kier alpha value is -4.00. The Morgan fingerprint density at radius 1 is 1.00 bits per heavy atom. The summed E-state index contributed by atoms with van der Waals surface area (Å²) in [4.78, 5) is 22.0. The zero-order chi connectivity index (χ0) is 20.1. The van der Waals surface area contributed by atoms with Gasteiger partial charge < -0.3 is 10.1 Å². The van der Waals surface area contributed by atoms with Crippen LogP contribution in [0.25, 0.3) is 11.5 Å².